The molecule has 0 spiro atoms. The van der Waals surface area contributed by atoms with Gasteiger partial charge in [0, 0.05) is 18.6 Å². The van der Waals surface area contributed by atoms with Crippen LogP contribution in [-0.4, -0.2) is 42.7 Å². The minimum atomic E-state index is -4.46. The summed E-state index contributed by atoms with van der Waals surface area (Å²) in [6.07, 6.45) is -2.97. The monoisotopic (exact) mass is 456 g/mol. The molecule has 12 heteroatoms. The van der Waals surface area contributed by atoms with Crippen molar-refractivity contribution in [1.82, 2.24) is 30.4 Å². The molecule has 4 aromatic rings. The first-order valence-electron chi connectivity index (χ1n) is 9.56. The summed E-state index contributed by atoms with van der Waals surface area (Å²) in [5.41, 5.74) is 0.550. The molecular weight excluding hydrogens is 441 g/mol. The second-order valence-electron chi connectivity index (χ2n) is 6.74. The number of aliphatic hydroxyl groups excluding tert-OH is 1. The van der Waals surface area contributed by atoms with Crippen molar-refractivity contribution in [3.05, 3.63) is 59.3 Å². The number of aromatic amines is 1. The first-order valence-corrected chi connectivity index (χ1v) is 9.56. The number of rotatable bonds is 5. The maximum atomic E-state index is 12.9. The van der Waals surface area contributed by atoms with E-state index >= 15 is 0 Å². The maximum absolute atomic E-state index is 12.9. The van der Waals surface area contributed by atoms with Gasteiger partial charge >= 0.3 is 6.18 Å². The van der Waals surface area contributed by atoms with Gasteiger partial charge in [-0.3, -0.25) is 4.79 Å². The molecular formula is C21H15F3N6O3. The first kappa shape index (κ1) is 22.0. The van der Waals surface area contributed by atoms with E-state index in [1.54, 1.807) is 0 Å². The number of hydrogen-bond acceptors (Lipinski definition) is 7. The first-order chi connectivity index (χ1) is 15.8. The highest BCUT2D eigenvalue weighted by molar-refractivity contribution is 5.92. The zero-order chi connectivity index (χ0) is 23.4. The van der Waals surface area contributed by atoms with Gasteiger partial charge in [0.25, 0.3) is 5.91 Å². The predicted molar refractivity (Wildman–Crippen MR) is 108 cm³/mol. The second kappa shape index (κ2) is 9.09. The number of aliphatic hydroxyl groups is 1. The third-order valence-corrected chi connectivity index (χ3v) is 4.38. The quantitative estimate of drug-likeness (QED) is 0.394. The molecule has 0 aliphatic carbocycles. The van der Waals surface area contributed by atoms with Gasteiger partial charge < -0.3 is 19.9 Å². The van der Waals surface area contributed by atoms with E-state index in [1.165, 1.54) is 24.5 Å². The molecule has 0 bridgehead atoms. The molecule has 1 amide bonds. The van der Waals surface area contributed by atoms with Crippen molar-refractivity contribution in [3.8, 4) is 23.4 Å². The number of H-pyrrole nitrogens is 1. The van der Waals surface area contributed by atoms with Crippen LogP contribution in [0.5, 0.6) is 0 Å². The van der Waals surface area contributed by atoms with Crippen LogP contribution in [0, 0.1) is 11.8 Å². The summed E-state index contributed by atoms with van der Waals surface area (Å²) in [5, 5.41) is 15.2. The molecule has 0 saturated carbocycles. The van der Waals surface area contributed by atoms with Gasteiger partial charge in [-0.15, -0.1) is 0 Å². The van der Waals surface area contributed by atoms with Crippen LogP contribution in [0.4, 0.5) is 13.2 Å². The van der Waals surface area contributed by atoms with Gasteiger partial charge in [-0.1, -0.05) is 11.1 Å². The summed E-state index contributed by atoms with van der Waals surface area (Å²) >= 11 is 0. The number of amides is 1. The minimum absolute atomic E-state index is 0.0102. The molecule has 33 heavy (non-hydrogen) atoms. The average molecular weight is 456 g/mol. The fourth-order valence-corrected chi connectivity index (χ4v) is 2.83. The lowest BCUT2D eigenvalue weighted by Gasteiger charge is -2.04. The van der Waals surface area contributed by atoms with E-state index in [2.05, 4.69) is 42.3 Å². The van der Waals surface area contributed by atoms with E-state index < -0.39 is 17.6 Å². The number of benzene rings is 1. The topological polar surface area (TPSA) is 130 Å². The van der Waals surface area contributed by atoms with E-state index in [0.717, 1.165) is 12.1 Å². The highest BCUT2D eigenvalue weighted by Gasteiger charge is 2.30. The number of imidazole rings is 1. The number of halogens is 3. The number of nitrogens with zero attached hydrogens (tertiary/aromatic N) is 4. The summed E-state index contributed by atoms with van der Waals surface area (Å²) in [6, 6.07) is 6.10. The zero-order valence-electron chi connectivity index (χ0n) is 16.8. The lowest BCUT2D eigenvalue weighted by molar-refractivity contribution is -0.137. The van der Waals surface area contributed by atoms with Crippen LogP contribution in [0.2, 0.25) is 0 Å². The Morgan fingerprint density at radius 2 is 2.06 bits per heavy atom. The molecule has 0 radical (unpaired) electrons. The van der Waals surface area contributed by atoms with Gasteiger partial charge in [-0.2, -0.15) is 13.2 Å². The molecule has 0 atom stereocenters. The highest BCUT2D eigenvalue weighted by atomic mass is 19.4. The number of nitrogens with one attached hydrogen (secondary N) is 2. The van der Waals surface area contributed by atoms with Crippen LogP contribution in [0.3, 0.4) is 0 Å². The van der Waals surface area contributed by atoms with Crippen LogP contribution in [0.1, 0.15) is 33.9 Å². The van der Waals surface area contributed by atoms with Crippen molar-refractivity contribution in [1.29, 1.82) is 0 Å². The van der Waals surface area contributed by atoms with Crippen molar-refractivity contribution in [3.63, 3.8) is 0 Å². The van der Waals surface area contributed by atoms with Crippen LogP contribution in [0.25, 0.3) is 22.6 Å². The smallest absolute Gasteiger partial charge is 0.395 e. The van der Waals surface area contributed by atoms with Gasteiger partial charge in [0.2, 0.25) is 5.76 Å². The van der Waals surface area contributed by atoms with Crippen LogP contribution in [0.15, 0.2) is 41.2 Å². The van der Waals surface area contributed by atoms with Gasteiger partial charge in [0.05, 0.1) is 29.7 Å². The molecule has 0 fully saturated rings. The molecule has 1 aromatic carbocycles. The van der Waals surface area contributed by atoms with Crippen molar-refractivity contribution in [2.24, 2.45) is 0 Å². The van der Waals surface area contributed by atoms with E-state index in [1.807, 2.05) is 0 Å². The number of carbonyl (C=O) groups excluding carboxylic acids is 1. The molecule has 0 aliphatic rings. The molecule has 0 unspecified atom stereocenters. The van der Waals surface area contributed by atoms with E-state index in [9.17, 15) is 18.0 Å². The van der Waals surface area contributed by atoms with Gasteiger partial charge in [0.15, 0.2) is 5.82 Å². The third-order valence-electron chi connectivity index (χ3n) is 4.38. The maximum Gasteiger partial charge on any atom is 0.416 e. The average Bonchev–Trinajstić information content (AvgIpc) is 3.43. The standard InChI is InChI=1S/C21H15F3N6O3/c22-21(23,24)12-4-5-15-16(7-12)29-19(28-15)18-9-14(30-33-18)10-25-20(32)17-8-13(26-11-27-17)3-1-2-6-31/h4-5,7-9,11,31H,2,6,10H2,(H,25,32)(H,28,29). The van der Waals surface area contributed by atoms with Crippen LogP contribution < -0.4 is 5.32 Å². The van der Waals surface area contributed by atoms with E-state index in [4.69, 9.17) is 9.63 Å². The Labute approximate surface area is 184 Å². The Bertz CT molecular complexity index is 1370. The number of hydrogen-bond donors (Lipinski definition) is 3. The summed E-state index contributed by atoms with van der Waals surface area (Å²) in [7, 11) is 0. The number of fused-ring (bicyclic) bond motifs is 1. The Kier molecular flexibility index (Phi) is 6.05. The van der Waals surface area contributed by atoms with Crippen molar-refractivity contribution >= 4 is 16.9 Å². The van der Waals surface area contributed by atoms with E-state index in [0.29, 0.717) is 16.9 Å². The van der Waals surface area contributed by atoms with Gasteiger partial charge in [0.1, 0.15) is 23.4 Å². The number of alkyl halides is 3. The Balaban J connectivity index is 1.44. The van der Waals surface area contributed by atoms with E-state index in [-0.39, 0.29) is 42.4 Å². The van der Waals surface area contributed by atoms with Gasteiger partial charge in [-0.25, -0.2) is 15.0 Å². The molecule has 168 valence electrons. The number of carbonyl (C=O) groups is 1. The largest absolute Gasteiger partial charge is 0.416 e. The molecule has 3 heterocycles. The Hall–Kier alpha value is -4.24. The summed E-state index contributed by atoms with van der Waals surface area (Å²) in [5.74, 6) is 5.34. The fourth-order valence-electron chi connectivity index (χ4n) is 2.83. The lowest BCUT2D eigenvalue weighted by atomic mass is 10.2. The summed E-state index contributed by atoms with van der Waals surface area (Å²) in [4.78, 5) is 27.2. The van der Waals surface area contributed by atoms with Crippen molar-refractivity contribution < 1.29 is 27.6 Å². The fraction of sp³-hybridized carbons (Fsp3) is 0.190. The minimum Gasteiger partial charge on any atom is -0.395 e. The second-order valence-corrected chi connectivity index (χ2v) is 6.74. The SMILES string of the molecule is O=C(NCc1cc(-c2nc3ccc(C(F)(F)F)cc3[nH]2)on1)c1cc(C#CCCO)ncn1. The molecule has 0 saturated heterocycles. The summed E-state index contributed by atoms with van der Waals surface area (Å²) in [6.45, 7) is -0.0654. The predicted octanol–water partition coefficient (Wildman–Crippen LogP) is 2.69. The zero-order valence-corrected chi connectivity index (χ0v) is 16.8. The Morgan fingerprint density at radius 1 is 1.21 bits per heavy atom. The van der Waals surface area contributed by atoms with Crippen molar-refractivity contribution in [2.45, 2.75) is 19.1 Å². The number of aromatic nitrogens is 5. The Morgan fingerprint density at radius 3 is 2.85 bits per heavy atom. The highest BCUT2D eigenvalue weighted by Crippen LogP contribution is 2.31. The lowest BCUT2D eigenvalue weighted by Crippen LogP contribution is -2.24. The molecule has 3 aromatic heterocycles. The summed E-state index contributed by atoms with van der Waals surface area (Å²) < 4.78 is 43.9. The molecule has 4 rings (SSSR count). The van der Waals surface area contributed by atoms with Crippen molar-refractivity contribution in [2.75, 3.05) is 6.61 Å². The van der Waals surface area contributed by atoms with Crippen LogP contribution in [-0.2, 0) is 12.7 Å². The third kappa shape index (κ3) is 5.16. The molecule has 9 nitrogen and oxygen atoms in total. The normalized spacial score (nSPS) is 11.3. The molecule has 3 N–H and O–H groups in total. The molecule has 0 aliphatic heterocycles. The van der Waals surface area contributed by atoms with Crippen LogP contribution >= 0.6 is 0 Å². The van der Waals surface area contributed by atoms with Gasteiger partial charge in [-0.05, 0) is 24.1 Å².